The predicted octanol–water partition coefficient (Wildman–Crippen LogP) is 3.18. The molecular weight excluding hydrogens is 340 g/mol. The smallest absolute Gasteiger partial charge is 0.324 e. The zero-order chi connectivity index (χ0) is 17.4. The van der Waals surface area contributed by atoms with Crippen LogP contribution in [0.1, 0.15) is 31.1 Å². The third kappa shape index (κ3) is 2.50. The molecule has 25 heavy (non-hydrogen) atoms. The molecule has 0 bridgehead atoms. The Morgan fingerprint density at radius 3 is 2.16 bits per heavy atom. The van der Waals surface area contributed by atoms with E-state index in [9.17, 15) is 14.4 Å². The zero-order valence-corrected chi connectivity index (χ0v) is 13.5. The van der Waals surface area contributed by atoms with Crippen LogP contribution in [0.2, 0.25) is 0 Å². The number of carbonyl (C=O) groups excluding carboxylic acids is 3. The van der Waals surface area contributed by atoms with Crippen molar-refractivity contribution in [2.45, 2.75) is 0 Å². The molecule has 7 heteroatoms. The molecule has 1 aliphatic rings. The van der Waals surface area contributed by atoms with Crippen molar-refractivity contribution < 1.29 is 19.2 Å². The first-order chi connectivity index (χ1) is 12.2. The van der Waals surface area contributed by atoms with Gasteiger partial charge in [-0.15, -0.1) is 0 Å². The fraction of sp³-hybridized carbons (Fsp3) is 0. The Hall–Kier alpha value is -3.32. The van der Waals surface area contributed by atoms with E-state index in [0.717, 1.165) is 17.1 Å². The second-order valence-corrected chi connectivity index (χ2v) is 5.90. The fourth-order valence-electron chi connectivity index (χ4n) is 2.57. The van der Waals surface area contributed by atoms with Gasteiger partial charge in [-0.1, -0.05) is 47.5 Å². The van der Waals surface area contributed by atoms with Gasteiger partial charge in [0.15, 0.2) is 0 Å². The van der Waals surface area contributed by atoms with E-state index in [-0.39, 0.29) is 16.7 Å². The summed E-state index contributed by atoms with van der Waals surface area (Å²) in [6.07, 6.45) is 0. The highest BCUT2D eigenvalue weighted by Gasteiger charge is 2.39. The molecule has 1 aromatic heterocycles. The number of imide groups is 1. The minimum Gasteiger partial charge on any atom is -0.324 e. The van der Waals surface area contributed by atoms with Gasteiger partial charge in [-0.25, -0.2) is 4.79 Å². The number of rotatable bonds is 3. The lowest BCUT2D eigenvalue weighted by atomic mass is 10.1. The number of fused-ring (bicyclic) bond motifs is 1. The van der Waals surface area contributed by atoms with Gasteiger partial charge in [0.1, 0.15) is 5.56 Å². The third-order valence-electron chi connectivity index (χ3n) is 3.77. The SMILES string of the molecule is O=C(ON1C(=O)c2ccccc2C1=O)c1csnc1-c1ccccc1. The van der Waals surface area contributed by atoms with Crippen LogP contribution in [0, 0.1) is 0 Å². The van der Waals surface area contributed by atoms with E-state index in [1.807, 2.05) is 30.3 Å². The summed E-state index contributed by atoms with van der Waals surface area (Å²) < 4.78 is 4.21. The van der Waals surface area contributed by atoms with Crippen LogP contribution in [0.5, 0.6) is 0 Å². The second-order valence-electron chi connectivity index (χ2n) is 5.27. The molecule has 0 N–H and O–H groups in total. The average molecular weight is 350 g/mol. The molecule has 0 saturated heterocycles. The highest BCUT2D eigenvalue weighted by atomic mass is 32.1. The van der Waals surface area contributed by atoms with Gasteiger partial charge in [-0.3, -0.25) is 9.59 Å². The number of hydroxylamine groups is 2. The topological polar surface area (TPSA) is 76.6 Å². The molecule has 0 radical (unpaired) electrons. The van der Waals surface area contributed by atoms with E-state index in [0.29, 0.717) is 10.8 Å². The summed E-state index contributed by atoms with van der Waals surface area (Å²) in [5.74, 6) is -2.11. The minimum atomic E-state index is -0.804. The molecule has 0 fully saturated rings. The summed E-state index contributed by atoms with van der Waals surface area (Å²) in [5, 5.41) is 2.03. The summed E-state index contributed by atoms with van der Waals surface area (Å²) in [7, 11) is 0. The van der Waals surface area contributed by atoms with Crippen LogP contribution in [0.15, 0.2) is 60.0 Å². The minimum absolute atomic E-state index is 0.202. The molecular formula is C18H10N2O4S. The van der Waals surface area contributed by atoms with Crippen LogP contribution in [-0.2, 0) is 4.84 Å². The maximum absolute atomic E-state index is 12.5. The van der Waals surface area contributed by atoms with Crippen molar-refractivity contribution in [1.82, 2.24) is 9.44 Å². The molecule has 2 heterocycles. The van der Waals surface area contributed by atoms with E-state index >= 15 is 0 Å². The number of aromatic nitrogens is 1. The van der Waals surface area contributed by atoms with Crippen molar-refractivity contribution in [3.8, 4) is 11.3 Å². The van der Waals surface area contributed by atoms with Crippen LogP contribution >= 0.6 is 11.5 Å². The number of nitrogens with zero attached hydrogens (tertiary/aromatic N) is 2. The Labute approximate surface area is 146 Å². The summed E-state index contributed by atoms with van der Waals surface area (Å²) in [6, 6.07) is 15.5. The molecule has 2 aromatic carbocycles. The van der Waals surface area contributed by atoms with E-state index in [2.05, 4.69) is 4.37 Å². The zero-order valence-electron chi connectivity index (χ0n) is 12.7. The predicted molar refractivity (Wildman–Crippen MR) is 89.9 cm³/mol. The van der Waals surface area contributed by atoms with Gasteiger partial charge in [-0.05, 0) is 23.7 Å². The van der Waals surface area contributed by atoms with Gasteiger partial charge in [0.25, 0.3) is 11.8 Å². The first kappa shape index (κ1) is 15.2. The number of hydrogen-bond donors (Lipinski definition) is 0. The summed E-state index contributed by atoms with van der Waals surface area (Å²) >= 11 is 1.10. The van der Waals surface area contributed by atoms with Gasteiger partial charge >= 0.3 is 5.97 Å². The third-order valence-corrected chi connectivity index (χ3v) is 4.40. The van der Waals surface area contributed by atoms with Crippen LogP contribution in [0.3, 0.4) is 0 Å². The molecule has 122 valence electrons. The normalized spacial score (nSPS) is 13.0. The van der Waals surface area contributed by atoms with Crippen LogP contribution < -0.4 is 0 Å². The first-order valence-corrected chi connectivity index (χ1v) is 8.20. The highest BCUT2D eigenvalue weighted by molar-refractivity contribution is 7.04. The van der Waals surface area contributed by atoms with Crippen molar-refractivity contribution in [2.75, 3.05) is 0 Å². The standard InChI is InChI=1S/C18H10N2O4S/c21-16-12-8-4-5-9-13(12)17(22)20(16)24-18(23)14-10-25-19-15(14)11-6-2-1-3-7-11/h1-10H. The summed E-state index contributed by atoms with van der Waals surface area (Å²) in [5.41, 5.74) is 1.83. The second kappa shape index (κ2) is 5.95. The van der Waals surface area contributed by atoms with Gasteiger partial charge in [-0.2, -0.15) is 4.37 Å². The molecule has 4 rings (SSSR count). The Kier molecular flexibility index (Phi) is 3.62. The average Bonchev–Trinajstić information content (AvgIpc) is 3.23. The van der Waals surface area contributed by atoms with Crippen molar-refractivity contribution >= 4 is 29.3 Å². The highest BCUT2D eigenvalue weighted by Crippen LogP contribution is 2.27. The lowest BCUT2D eigenvalue weighted by molar-refractivity contribution is -0.0583. The van der Waals surface area contributed by atoms with Crippen LogP contribution in [0.4, 0.5) is 0 Å². The van der Waals surface area contributed by atoms with Crippen molar-refractivity contribution in [2.24, 2.45) is 0 Å². The quantitative estimate of drug-likeness (QED) is 0.678. The molecule has 3 aromatic rings. The lowest BCUT2D eigenvalue weighted by Gasteiger charge is -2.12. The van der Waals surface area contributed by atoms with E-state index in [4.69, 9.17) is 4.84 Å². The summed E-state index contributed by atoms with van der Waals surface area (Å²) in [6.45, 7) is 0. The Morgan fingerprint density at radius 1 is 0.920 bits per heavy atom. The van der Waals surface area contributed by atoms with E-state index in [1.165, 1.54) is 17.5 Å². The first-order valence-electron chi connectivity index (χ1n) is 7.36. The molecule has 1 aliphatic heterocycles. The van der Waals surface area contributed by atoms with Crippen LogP contribution in [0.25, 0.3) is 11.3 Å². The number of benzene rings is 2. The fourth-order valence-corrected chi connectivity index (χ4v) is 3.24. The molecule has 0 atom stereocenters. The van der Waals surface area contributed by atoms with Gasteiger partial charge in [0.05, 0.1) is 16.8 Å². The maximum atomic E-state index is 12.5. The Bertz CT molecular complexity index is 962. The molecule has 2 amide bonds. The number of hydrogen-bond acceptors (Lipinski definition) is 6. The molecule has 6 nitrogen and oxygen atoms in total. The van der Waals surface area contributed by atoms with Gasteiger partial charge < -0.3 is 4.84 Å². The number of amides is 2. The van der Waals surface area contributed by atoms with Gasteiger partial charge in [0.2, 0.25) is 0 Å². The van der Waals surface area contributed by atoms with Crippen LogP contribution in [-0.4, -0.2) is 27.2 Å². The number of carbonyl (C=O) groups is 3. The van der Waals surface area contributed by atoms with Gasteiger partial charge in [0, 0.05) is 10.9 Å². The van der Waals surface area contributed by atoms with E-state index < -0.39 is 17.8 Å². The van der Waals surface area contributed by atoms with E-state index in [1.54, 1.807) is 12.1 Å². The largest absolute Gasteiger partial charge is 0.367 e. The summed E-state index contributed by atoms with van der Waals surface area (Å²) in [4.78, 5) is 42.1. The molecule has 0 spiro atoms. The molecule has 0 aliphatic carbocycles. The lowest BCUT2D eigenvalue weighted by Crippen LogP contribution is -2.32. The van der Waals surface area contributed by atoms with Crippen molar-refractivity contribution in [3.05, 3.63) is 76.7 Å². The monoisotopic (exact) mass is 350 g/mol. The molecule has 0 unspecified atom stereocenters. The molecule has 0 saturated carbocycles. The van der Waals surface area contributed by atoms with Crippen molar-refractivity contribution in [1.29, 1.82) is 0 Å². The Morgan fingerprint density at radius 2 is 1.52 bits per heavy atom. The van der Waals surface area contributed by atoms with Crippen molar-refractivity contribution in [3.63, 3.8) is 0 Å². The maximum Gasteiger partial charge on any atom is 0.367 e. The Balaban J connectivity index is 1.62.